The average molecular weight is 365 g/mol. The number of rotatable bonds is 5. The summed E-state index contributed by atoms with van der Waals surface area (Å²) in [4.78, 5) is 11.8. The molecule has 0 aliphatic rings. The molecule has 5 heteroatoms. The van der Waals surface area contributed by atoms with Gasteiger partial charge in [-0.05, 0) is 48.7 Å². The predicted octanol–water partition coefficient (Wildman–Crippen LogP) is 4.19. The van der Waals surface area contributed by atoms with Gasteiger partial charge in [0, 0.05) is 11.0 Å². The monoisotopic (exact) mass is 364 g/mol. The fourth-order valence-corrected chi connectivity index (χ4v) is 2.36. The minimum Gasteiger partial charge on any atom is -0.338 e. The van der Waals surface area contributed by atoms with Crippen LogP contribution in [0.2, 0.25) is 0 Å². The second-order valence-electron chi connectivity index (χ2n) is 5.05. The van der Waals surface area contributed by atoms with Gasteiger partial charge in [0.15, 0.2) is 0 Å². The van der Waals surface area contributed by atoms with E-state index in [1.165, 1.54) is 12.1 Å². The maximum atomic E-state index is 13.0. The molecule has 0 saturated carbocycles. The summed E-state index contributed by atoms with van der Waals surface area (Å²) >= 11 is 3.38. The van der Waals surface area contributed by atoms with E-state index in [0.29, 0.717) is 13.0 Å². The van der Waals surface area contributed by atoms with Gasteiger partial charge in [-0.15, -0.1) is 0 Å². The summed E-state index contributed by atoms with van der Waals surface area (Å²) < 4.78 is 14.0. The molecule has 2 aromatic carbocycles. The van der Waals surface area contributed by atoms with Gasteiger partial charge in [-0.2, -0.15) is 0 Å². The van der Waals surface area contributed by atoms with Crippen LogP contribution in [-0.2, 0) is 6.42 Å². The number of halogens is 2. The quantitative estimate of drug-likeness (QED) is 0.820. The fourth-order valence-electron chi connectivity index (χ4n) is 2.10. The van der Waals surface area contributed by atoms with E-state index in [1.807, 2.05) is 37.3 Å². The van der Waals surface area contributed by atoms with E-state index >= 15 is 0 Å². The third-order valence-corrected chi connectivity index (χ3v) is 3.83. The summed E-state index contributed by atoms with van der Waals surface area (Å²) in [6.07, 6.45) is 0.595. The lowest BCUT2D eigenvalue weighted by Crippen LogP contribution is -2.38. The van der Waals surface area contributed by atoms with Gasteiger partial charge in [0.05, 0.1) is 6.04 Å². The van der Waals surface area contributed by atoms with Gasteiger partial charge in [0.1, 0.15) is 5.82 Å². The molecule has 0 heterocycles. The van der Waals surface area contributed by atoms with Crippen LogP contribution in [-0.4, -0.2) is 12.6 Å². The van der Waals surface area contributed by atoms with Crippen LogP contribution in [0.4, 0.5) is 9.18 Å². The summed E-state index contributed by atoms with van der Waals surface area (Å²) in [5.74, 6) is -0.259. The number of benzene rings is 2. The van der Waals surface area contributed by atoms with Crippen molar-refractivity contribution >= 4 is 22.0 Å². The van der Waals surface area contributed by atoms with E-state index in [-0.39, 0.29) is 17.9 Å². The Morgan fingerprint density at radius 3 is 2.64 bits per heavy atom. The number of hydrogen-bond donors (Lipinski definition) is 2. The molecule has 0 aromatic heterocycles. The summed E-state index contributed by atoms with van der Waals surface area (Å²) in [5, 5.41) is 5.65. The Morgan fingerprint density at radius 1 is 1.23 bits per heavy atom. The molecule has 0 fully saturated rings. The highest BCUT2D eigenvalue weighted by Gasteiger charge is 2.08. The van der Waals surface area contributed by atoms with Crippen LogP contribution in [0, 0.1) is 5.82 Å². The van der Waals surface area contributed by atoms with Gasteiger partial charge in [-0.3, -0.25) is 0 Å². The lowest BCUT2D eigenvalue weighted by Gasteiger charge is -2.15. The molecule has 0 aliphatic heterocycles. The van der Waals surface area contributed by atoms with Crippen molar-refractivity contribution in [3.8, 4) is 0 Å². The van der Waals surface area contributed by atoms with E-state index in [1.54, 1.807) is 6.07 Å². The van der Waals surface area contributed by atoms with E-state index in [0.717, 1.165) is 15.6 Å². The molecular weight excluding hydrogens is 347 g/mol. The summed E-state index contributed by atoms with van der Waals surface area (Å²) in [7, 11) is 0. The van der Waals surface area contributed by atoms with Gasteiger partial charge in [-0.1, -0.05) is 40.2 Å². The Hall–Kier alpha value is -1.88. The largest absolute Gasteiger partial charge is 0.338 e. The summed E-state index contributed by atoms with van der Waals surface area (Å²) in [5.41, 5.74) is 1.89. The molecule has 0 bridgehead atoms. The molecule has 3 nitrogen and oxygen atoms in total. The van der Waals surface area contributed by atoms with E-state index in [4.69, 9.17) is 0 Å². The molecule has 2 aromatic rings. The second kappa shape index (κ2) is 7.94. The summed E-state index contributed by atoms with van der Waals surface area (Å²) in [6.45, 7) is 2.39. The Balaban J connectivity index is 1.76. The first kappa shape index (κ1) is 16.5. The van der Waals surface area contributed by atoms with Crippen molar-refractivity contribution in [2.45, 2.75) is 19.4 Å². The molecular formula is C17H18BrFN2O. The van der Waals surface area contributed by atoms with Crippen molar-refractivity contribution in [3.05, 3.63) is 69.9 Å². The Bertz CT molecular complexity index is 631. The lowest BCUT2D eigenvalue weighted by atomic mass is 10.1. The highest BCUT2D eigenvalue weighted by molar-refractivity contribution is 9.10. The zero-order valence-corrected chi connectivity index (χ0v) is 13.9. The number of carbonyl (C=O) groups is 1. The lowest BCUT2D eigenvalue weighted by molar-refractivity contribution is 0.238. The molecule has 0 radical (unpaired) electrons. The van der Waals surface area contributed by atoms with Crippen molar-refractivity contribution in [2.75, 3.05) is 6.54 Å². The maximum absolute atomic E-state index is 13.0. The molecule has 0 aliphatic carbocycles. The molecule has 2 rings (SSSR count). The number of urea groups is 1. The number of carbonyl (C=O) groups excluding carboxylic acids is 1. The first-order valence-electron chi connectivity index (χ1n) is 7.09. The van der Waals surface area contributed by atoms with E-state index in [9.17, 15) is 9.18 Å². The Kier molecular flexibility index (Phi) is 5.95. The molecule has 22 heavy (non-hydrogen) atoms. The van der Waals surface area contributed by atoms with Crippen molar-refractivity contribution < 1.29 is 9.18 Å². The average Bonchev–Trinajstić information content (AvgIpc) is 2.48. The van der Waals surface area contributed by atoms with Gasteiger partial charge >= 0.3 is 6.03 Å². The molecule has 2 N–H and O–H groups in total. The highest BCUT2D eigenvalue weighted by Crippen LogP contribution is 2.16. The molecule has 0 spiro atoms. The third kappa shape index (κ3) is 5.15. The maximum Gasteiger partial charge on any atom is 0.315 e. The van der Waals surface area contributed by atoms with Crippen molar-refractivity contribution in [1.29, 1.82) is 0 Å². The summed E-state index contributed by atoms with van der Waals surface area (Å²) in [6, 6.07) is 13.9. The van der Waals surface area contributed by atoms with Crippen molar-refractivity contribution in [1.82, 2.24) is 10.6 Å². The van der Waals surface area contributed by atoms with Gasteiger partial charge in [0.2, 0.25) is 0 Å². The topological polar surface area (TPSA) is 41.1 Å². The smallest absolute Gasteiger partial charge is 0.315 e. The third-order valence-electron chi connectivity index (χ3n) is 3.31. The van der Waals surface area contributed by atoms with Crippen LogP contribution < -0.4 is 10.6 Å². The molecule has 1 atom stereocenters. The second-order valence-corrected chi connectivity index (χ2v) is 5.97. The molecule has 116 valence electrons. The molecule has 1 unspecified atom stereocenters. The van der Waals surface area contributed by atoms with Crippen LogP contribution in [0.15, 0.2) is 53.0 Å². The van der Waals surface area contributed by atoms with Gasteiger partial charge in [0.25, 0.3) is 0 Å². The van der Waals surface area contributed by atoms with Crippen LogP contribution in [0.5, 0.6) is 0 Å². The molecule has 0 saturated heterocycles. The van der Waals surface area contributed by atoms with Gasteiger partial charge < -0.3 is 10.6 Å². The Morgan fingerprint density at radius 2 is 1.95 bits per heavy atom. The SMILES string of the molecule is CC(NC(=O)NCCc1cccc(F)c1)c1ccc(Br)cc1. The minimum atomic E-state index is -0.259. The van der Waals surface area contributed by atoms with Crippen LogP contribution >= 0.6 is 15.9 Å². The minimum absolute atomic E-state index is 0.0812. The normalized spacial score (nSPS) is 11.8. The van der Waals surface area contributed by atoms with E-state index in [2.05, 4.69) is 26.6 Å². The Labute approximate surface area is 138 Å². The predicted molar refractivity (Wildman–Crippen MR) is 89.2 cm³/mol. The number of amides is 2. The first-order valence-corrected chi connectivity index (χ1v) is 7.88. The van der Waals surface area contributed by atoms with Crippen molar-refractivity contribution in [2.24, 2.45) is 0 Å². The van der Waals surface area contributed by atoms with Gasteiger partial charge in [-0.25, -0.2) is 9.18 Å². The number of hydrogen-bond acceptors (Lipinski definition) is 1. The fraction of sp³-hybridized carbons (Fsp3) is 0.235. The number of nitrogens with one attached hydrogen (secondary N) is 2. The van der Waals surface area contributed by atoms with Crippen LogP contribution in [0.3, 0.4) is 0 Å². The molecule has 2 amide bonds. The highest BCUT2D eigenvalue weighted by atomic mass is 79.9. The standard InChI is InChI=1S/C17H18BrFN2O/c1-12(14-5-7-15(18)8-6-14)21-17(22)20-10-9-13-3-2-4-16(19)11-13/h2-8,11-12H,9-10H2,1H3,(H2,20,21,22). The zero-order valence-electron chi connectivity index (χ0n) is 12.3. The first-order chi connectivity index (χ1) is 10.5. The van der Waals surface area contributed by atoms with Crippen molar-refractivity contribution in [3.63, 3.8) is 0 Å². The van der Waals surface area contributed by atoms with Crippen LogP contribution in [0.1, 0.15) is 24.1 Å². The zero-order chi connectivity index (χ0) is 15.9. The van der Waals surface area contributed by atoms with Crippen LogP contribution in [0.25, 0.3) is 0 Å². The van der Waals surface area contributed by atoms with E-state index < -0.39 is 0 Å².